The van der Waals surface area contributed by atoms with Crippen LogP contribution in [-0.2, 0) is 9.47 Å². The van der Waals surface area contributed by atoms with E-state index >= 15 is 0 Å². The van der Waals surface area contributed by atoms with Crippen molar-refractivity contribution in [3.8, 4) is 22.8 Å². The molecular weight excluding hydrogens is 442 g/mol. The summed E-state index contributed by atoms with van der Waals surface area (Å²) in [5, 5.41) is 2.33. The van der Waals surface area contributed by atoms with Gasteiger partial charge in [-0.15, -0.1) is 11.3 Å². The number of fused-ring (bicyclic) bond motifs is 3. The van der Waals surface area contributed by atoms with Crippen LogP contribution in [0.2, 0.25) is 5.02 Å². The van der Waals surface area contributed by atoms with Gasteiger partial charge in [0.15, 0.2) is 5.43 Å². The summed E-state index contributed by atoms with van der Waals surface area (Å²) in [5.41, 5.74) is 0.719. The van der Waals surface area contributed by atoms with E-state index in [1.807, 2.05) is 17.5 Å². The van der Waals surface area contributed by atoms with Crippen molar-refractivity contribution < 1.29 is 23.7 Å². The molecule has 0 aliphatic carbocycles. The summed E-state index contributed by atoms with van der Waals surface area (Å²) in [6.07, 6.45) is 1.63. The number of hydrogen-bond donors (Lipinski definition) is 0. The first-order chi connectivity index (χ1) is 15.0. The lowest BCUT2D eigenvalue weighted by Gasteiger charge is -2.31. The van der Waals surface area contributed by atoms with Crippen LogP contribution in [0.15, 0.2) is 46.7 Å². The van der Waals surface area contributed by atoms with Gasteiger partial charge in [-0.1, -0.05) is 17.7 Å². The molecule has 0 amide bonds. The zero-order valence-corrected chi connectivity index (χ0v) is 18.5. The Balaban J connectivity index is 1.81. The smallest absolute Gasteiger partial charge is 0.343 e. The van der Waals surface area contributed by atoms with Crippen LogP contribution in [0.3, 0.4) is 0 Å². The van der Waals surface area contributed by atoms with E-state index in [-0.39, 0.29) is 5.56 Å². The lowest BCUT2D eigenvalue weighted by Crippen LogP contribution is -2.27. The van der Waals surface area contributed by atoms with Crippen molar-refractivity contribution in [2.45, 2.75) is 12.6 Å². The van der Waals surface area contributed by atoms with Gasteiger partial charge in [0.1, 0.15) is 17.1 Å². The minimum Gasteiger partial charge on any atom is -0.492 e. The van der Waals surface area contributed by atoms with Crippen molar-refractivity contribution in [3.63, 3.8) is 0 Å². The second-order valence-corrected chi connectivity index (χ2v) is 8.18. The summed E-state index contributed by atoms with van der Waals surface area (Å²) in [4.78, 5) is 25.6. The quantitative estimate of drug-likeness (QED) is 0.384. The third-order valence-corrected chi connectivity index (χ3v) is 6.02. The highest BCUT2D eigenvalue weighted by molar-refractivity contribution is 7.10. The van der Waals surface area contributed by atoms with Gasteiger partial charge < -0.3 is 23.5 Å². The number of halogens is 1. The standard InChI is InChI=1S/C22H20ClNO6S/c1-27-6-4-7-29-19-11-18-13(9-15(19)23)16-10-17(25)14(22(26)28-2)12-24(16)21(30-18)20-5-3-8-31-20/h3,5,8-12,21H,4,6-7H2,1-2H3/t21-/m0/s1. The van der Waals surface area contributed by atoms with E-state index in [0.717, 1.165) is 11.3 Å². The van der Waals surface area contributed by atoms with Gasteiger partial charge in [0.2, 0.25) is 6.23 Å². The molecule has 3 heterocycles. The normalized spacial score (nSPS) is 14.4. The van der Waals surface area contributed by atoms with E-state index in [1.54, 1.807) is 23.8 Å². The minimum atomic E-state index is -0.700. The number of benzene rings is 1. The minimum absolute atomic E-state index is 0.0657. The number of pyridine rings is 1. The second-order valence-electron chi connectivity index (χ2n) is 6.79. The van der Waals surface area contributed by atoms with E-state index in [0.29, 0.717) is 41.0 Å². The molecule has 0 spiro atoms. The van der Waals surface area contributed by atoms with Crippen LogP contribution >= 0.6 is 22.9 Å². The predicted molar refractivity (Wildman–Crippen MR) is 118 cm³/mol. The Bertz CT molecular complexity index is 1160. The van der Waals surface area contributed by atoms with E-state index < -0.39 is 17.6 Å². The van der Waals surface area contributed by atoms with E-state index in [1.165, 1.54) is 30.7 Å². The van der Waals surface area contributed by atoms with Gasteiger partial charge in [0.05, 0.1) is 29.3 Å². The fourth-order valence-electron chi connectivity index (χ4n) is 3.36. The van der Waals surface area contributed by atoms with Gasteiger partial charge in [0.25, 0.3) is 0 Å². The molecule has 1 aliphatic rings. The molecule has 7 nitrogen and oxygen atoms in total. The van der Waals surface area contributed by atoms with Crippen LogP contribution in [0.1, 0.15) is 27.9 Å². The molecule has 162 valence electrons. The number of ether oxygens (including phenoxy) is 4. The van der Waals surface area contributed by atoms with Crippen LogP contribution in [0.4, 0.5) is 0 Å². The van der Waals surface area contributed by atoms with Crippen molar-refractivity contribution in [1.82, 2.24) is 4.57 Å². The summed E-state index contributed by atoms with van der Waals surface area (Å²) in [5.74, 6) is 0.326. The number of aromatic nitrogens is 1. The fourth-order valence-corrected chi connectivity index (χ4v) is 4.32. The Labute approximate surface area is 187 Å². The number of thiophene rings is 1. The van der Waals surface area contributed by atoms with Crippen molar-refractivity contribution in [3.05, 3.63) is 67.6 Å². The van der Waals surface area contributed by atoms with Gasteiger partial charge in [-0.25, -0.2) is 4.79 Å². The van der Waals surface area contributed by atoms with Crippen molar-refractivity contribution >= 4 is 28.9 Å². The summed E-state index contributed by atoms with van der Waals surface area (Å²) < 4.78 is 23.6. The largest absolute Gasteiger partial charge is 0.492 e. The zero-order valence-electron chi connectivity index (χ0n) is 16.9. The average Bonchev–Trinajstić information content (AvgIpc) is 3.30. The zero-order chi connectivity index (χ0) is 22.0. The molecule has 0 fully saturated rings. The van der Waals surface area contributed by atoms with Crippen LogP contribution in [0.25, 0.3) is 11.3 Å². The number of esters is 1. The van der Waals surface area contributed by atoms with Crippen LogP contribution in [0.5, 0.6) is 11.5 Å². The monoisotopic (exact) mass is 461 g/mol. The van der Waals surface area contributed by atoms with E-state index in [4.69, 9.17) is 30.5 Å². The fraction of sp³-hybridized carbons (Fsp3) is 0.273. The molecule has 9 heteroatoms. The highest BCUT2D eigenvalue weighted by Crippen LogP contribution is 2.45. The molecule has 31 heavy (non-hydrogen) atoms. The Morgan fingerprint density at radius 1 is 1.26 bits per heavy atom. The molecule has 0 saturated heterocycles. The van der Waals surface area contributed by atoms with E-state index in [2.05, 4.69) is 0 Å². The lowest BCUT2D eigenvalue weighted by molar-refractivity contribution is 0.0597. The molecule has 1 atom stereocenters. The van der Waals surface area contributed by atoms with Crippen molar-refractivity contribution in [2.75, 3.05) is 27.4 Å². The average molecular weight is 462 g/mol. The van der Waals surface area contributed by atoms with Crippen LogP contribution < -0.4 is 14.9 Å². The Kier molecular flexibility index (Phi) is 6.31. The third-order valence-electron chi connectivity index (χ3n) is 4.82. The third kappa shape index (κ3) is 4.19. The molecule has 2 aromatic heterocycles. The number of methoxy groups -OCH3 is 2. The maximum absolute atomic E-state index is 12.6. The summed E-state index contributed by atoms with van der Waals surface area (Å²) >= 11 is 7.96. The topological polar surface area (TPSA) is 76.0 Å². The molecule has 0 N–H and O–H groups in total. The number of rotatable bonds is 7. The number of carbonyl (C=O) groups excluding carboxylic acids is 1. The SMILES string of the molecule is COCCCOc1cc2c(cc1Cl)-c1cc(=O)c(C(=O)OC)cn1[C@H](c1cccs1)O2. The maximum atomic E-state index is 12.6. The van der Waals surface area contributed by atoms with Crippen molar-refractivity contribution in [2.24, 2.45) is 0 Å². The summed E-state index contributed by atoms with van der Waals surface area (Å²) in [7, 11) is 2.87. The summed E-state index contributed by atoms with van der Waals surface area (Å²) in [6, 6.07) is 8.68. The van der Waals surface area contributed by atoms with Gasteiger partial charge in [-0.05, 0) is 17.5 Å². The van der Waals surface area contributed by atoms with Gasteiger partial charge in [-0.3, -0.25) is 4.79 Å². The number of nitrogens with zero attached hydrogens (tertiary/aromatic N) is 1. The molecule has 1 aromatic carbocycles. The Hall–Kier alpha value is -2.81. The molecule has 0 bridgehead atoms. The Morgan fingerprint density at radius 3 is 2.81 bits per heavy atom. The highest BCUT2D eigenvalue weighted by Gasteiger charge is 2.30. The molecule has 0 radical (unpaired) electrons. The Morgan fingerprint density at radius 2 is 2.10 bits per heavy atom. The van der Waals surface area contributed by atoms with Crippen molar-refractivity contribution in [1.29, 1.82) is 0 Å². The predicted octanol–water partition coefficient (Wildman–Crippen LogP) is 4.37. The molecule has 0 saturated carbocycles. The molecular formula is C22H20ClNO6S. The highest BCUT2D eigenvalue weighted by atomic mass is 35.5. The first kappa shape index (κ1) is 21.4. The molecule has 3 aromatic rings. The maximum Gasteiger partial charge on any atom is 0.343 e. The molecule has 1 aliphatic heterocycles. The second kappa shape index (κ2) is 9.13. The molecule has 0 unspecified atom stereocenters. The first-order valence-corrected chi connectivity index (χ1v) is 10.8. The molecule has 4 rings (SSSR count). The van der Waals surface area contributed by atoms with Crippen LogP contribution in [-0.4, -0.2) is 38.0 Å². The van der Waals surface area contributed by atoms with E-state index in [9.17, 15) is 9.59 Å². The number of hydrogen-bond acceptors (Lipinski definition) is 7. The van der Waals surface area contributed by atoms with Gasteiger partial charge >= 0.3 is 5.97 Å². The first-order valence-electron chi connectivity index (χ1n) is 9.53. The van der Waals surface area contributed by atoms with Gasteiger partial charge in [0, 0.05) is 44.0 Å². The lowest BCUT2D eigenvalue weighted by atomic mass is 10.1. The number of carbonyl (C=O) groups is 1. The van der Waals surface area contributed by atoms with Gasteiger partial charge in [-0.2, -0.15) is 0 Å². The van der Waals surface area contributed by atoms with Crippen LogP contribution in [0, 0.1) is 0 Å². The summed E-state index contributed by atoms with van der Waals surface area (Å²) in [6.45, 7) is 1.03.